The van der Waals surface area contributed by atoms with Crippen molar-refractivity contribution in [3.63, 3.8) is 0 Å². The van der Waals surface area contributed by atoms with Gasteiger partial charge in [-0.3, -0.25) is 0 Å². The highest BCUT2D eigenvalue weighted by molar-refractivity contribution is 7.87. The van der Waals surface area contributed by atoms with E-state index in [0.29, 0.717) is 0 Å². The van der Waals surface area contributed by atoms with Crippen molar-refractivity contribution < 1.29 is 12.6 Å². The third-order valence-electron chi connectivity index (χ3n) is 2.98. The number of hydrogen-bond acceptors (Lipinski definition) is 4. The summed E-state index contributed by atoms with van der Waals surface area (Å²) in [6, 6.07) is 6.97. The quantitative estimate of drug-likeness (QED) is 0.812. The molecule has 0 saturated carbocycles. The molecule has 2 aromatic rings. The molecule has 0 atom stereocenters. The Balaban J connectivity index is 2.36. The van der Waals surface area contributed by atoms with Gasteiger partial charge in [-0.25, -0.2) is 4.98 Å². The largest absolute Gasteiger partial charge is 0.378 e. The molecule has 0 amide bonds. The monoisotopic (exact) mass is 328 g/mol. The molecule has 1 aromatic carbocycles. The Kier molecular flexibility index (Phi) is 4.04. The summed E-state index contributed by atoms with van der Waals surface area (Å²) in [7, 11) is -2.44. The molecular formula is C14H17ClN2O3S. The zero-order valence-corrected chi connectivity index (χ0v) is 13.9. The lowest BCUT2D eigenvalue weighted by atomic mass is 9.87. The maximum Gasteiger partial charge on any atom is 0.360 e. The van der Waals surface area contributed by atoms with Gasteiger partial charge in [0.15, 0.2) is 5.15 Å². The SMILES string of the molecule is Cn1cnc(S(=O)(=O)Oc2cccc(C(C)(C)C)c2)c1Cl. The Bertz CT molecular complexity index is 761. The molecule has 5 nitrogen and oxygen atoms in total. The molecule has 7 heteroatoms. The topological polar surface area (TPSA) is 61.2 Å². The fourth-order valence-electron chi connectivity index (χ4n) is 1.74. The van der Waals surface area contributed by atoms with Gasteiger partial charge in [0.05, 0.1) is 6.33 Å². The van der Waals surface area contributed by atoms with Crippen LogP contribution < -0.4 is 4.18 Å². The lowest BCUT2D eigenvalue weighted by Crippen LogP contribution is -2.13. The molecule has 0 fully saturated rings. The van der Waals surface area contributed by atoms with Gasteiger partial charge in [-0.1, -0.05) is 44.5 Å². The number of aryl methyl sites for hydroxylation is 1. The van der Waals surface area contributed by atoms with E-state index >= 15 is 0 Å². The van der Waals surface area contributed by atoms with Crippen LogP contribution in [-0.4, -0.2) is 18.0 Å². The summed E-state index contributed by atoms with van der Waals surface area (Å²) in [5.74, 6) is 0.240. The van der Waals surface area contributed by atoms with Gasteiger partial charge < -0.3 is 8.75 Å². The van der Waals surface area contributed by atoms with Crippen LogP contribution in [0.4, 0.5) is 0 Å². The molecule has 0 bridgehead atoms. The predicted octanol–water partition coefficient (Wildman–Crippen LogP) is 3.14. The van der Waals surface area contributed by atoms with Crippen LogP contribution in [0.2, 0.25) is 5.15 Å². The molecule has 0 aliphatic carbocycles. The van der Waals surface area contributed by atoms with E-state index in [1.807, 2.05) is 26.8 Å². The van der Waals surface area contributed by atoms with Gasteiger partial charge >= 0.3 is 10.1 Å². The van der Waals surface area contributed by atoms with Gasteiger partial charge in [-0.05, 0) is 23.1 Å². The maximum absolute atomic E-state index is 12.2. The minimum atomic E-state index is -4.05. The summed E-state index contributed by atoms with van der Waals surface area (Å²) in [5, 5.41) is -0.269. The second-order valence-electron chi connectivity index (χ2n) is 5.77. The molecular weight excluding hydrogens is 312 g/mol. The number of imidazole rings is 1. The van der Waals surface area contributed by atoms with Crippen LogP contribution in [0.3, 0.4) is 0 Å². The van der Waals surface area contributed by atoms with E-state index in [1.54, 1.807) is 25.2 Å². The number of benzene rings is 1. The van der Waals surface area contributed by atoms with Crippen molar-refractivity contribution in [2.24, 2.45) is 7.05 Å². The van der Waals surface area contributed by atoms with E-state index in [2.05, 4.69) is 4.98 Å². The van der Waals surface area contributed by atoms with E-state index in [1.165, 1.54) is 10.9 Å². The number of halogens is 1. The van der Waals surface area contributed by atoms with E-state index in [4.69, 9.17) is 15.8 Å². The summed E-state index contributed by atoms with van der Waals surface area (Å²) in [5.41, 5.74) is 0.869. The Morgan fingerprint density at radius 1 is 1.29 bits per heavy atom. The highest BCUT2D eigenvalue weighted by Crippen LogP contribution is 2.28. The second-order valence-corrected chi connectivity index (χ2v) is 7.59. The van der Waals surface area contributed by atoms with Gasteiger partial charge in [0.25, 0.3) is 0 Å². The molecule has 1 aromatic heterocycles. The first-order valence-corrected chi connectivity index (χ1v) is 8.12. The van der Waals surface area contributed by atoms with Crippen LogP contribution in [-0.2, 0) is 22.6 Å². The van der Waals surface area contributed by atoms with Crippen molar-refractivity contribution in [1.29, 1.82) is 0 Å². The fourth-order valence-corrected chi connectivity index (χ4v) is 3.08. The highest BCUT2D eigenvalue weighted by Gasteiger charge is 2.25. The standard InChI is InChI=1S/C14H17ClN2O3S/c1-14(2,3)10-6-5-7-11(8-10)20-21(18,19)13-12(15)17(4)9-16-13/h5-9H,1-4H3. The van der Waals surface area contributed by atoms with Crippen molar-refractivity contribution in [2.75, 3.05) is 0 Å². The van der Waals surface area contributed by atoms with Crippen molar-refractivity contribution in [1.82, 2.24) is 9.55 Å². The van der Waals surface area contributed by atoms with E-state index in [-0.39, 0.29) is 21.3 Å². The Morgan fingerprint density at radius 3 is 2.48 bits per heavy atom. The van der Waals surface area contributed by atoms with E-state index in [9.17, 15) is 8.42 Å². The number of nitrogens with zero attached hydrogens (tertiary/aromatic N) is 2. The fraction of sp³-hybridized carbons (Fsp3) is 0.357. The van der Waals surface area contributed by atoms with Crippen LogP contribution in [0, 0.1) is 0 Å². The van der Waals surface area contributed by atoms with Crippen LogP contribution in [0.25, 0.3) is 0 Å². The van der Waals surface area contributed by atoms with Crippen LogP contribution in [0.15, 0.2) is 35.6 Å². The van der Waals surface area contributed by atoms with Gasteiger partial charge in [0.1, 0.15) is 5.75 Å². The van der Waals surface area contributed by atoms with Gasteiger partial charge in [-0.2, -0.15) is 8.42 Å². The number of aromatic nitrogens is 2. The van der Waals surface area contributed by atoms with Crippen LogP contribution >= 0.6 is 11.6 Å². The Morgan fingerprint density at radius 2 is 1.95 bits per heavy atom. The lowest BCUT2D eigenvalue weighted by molar-refractivity contribution is 0.480. The zero-order chi connectivity index (χ0) is 15.8. The maximum atomic E-state index is 12.2. The van der Waals surface area contributed by atoms with Crippen LogP contribution in [0.1, 0.15) is 26.3 Å². The Hall–Kier alpha value is -1.53. The highest BCUT2D eigenvalue weighted by atomic mass is 35.5. The molecule has 0 radical (unpaired) electrons. The molecule has 2 rings (SSSR count). The third-order valence-corrected chi connectivity index (χ3v) is 4.72. The normalized spacial score (nSPS) is 12.4. The number of rotatable bonds is 3. The molecule has 0 aliphatic heterocycles. The minimum Gasteiger partial charge on any atom is -0.378 e. The van der Waals surface area contributed by atoms with Crippen molar-refractivity contribution in [3.05, 3.63) is 41.3 Å². The summed E-state index contributed by atoms with van der Waals surface area (Å²) in [6.45, 7) is 6.11. The molecule has 0 saturated heterocycles. The zero-order valence-electron chi connectivity index (χ0n) is 12.3. The van der Waals surface area contributed by atoms with Crippen molar-refractivity contribution in [2.45, 2.75) is 31.2 Å². The van der Waals surface area contributed by atoms with Crippen LogP contribution in [0.5, 0.6) is 5.75 Å². The van der Waals surface area contributed by atoms with Gasteiger partial charge in [0.2, 0.25) is 5.03 Å². The first-order valence-electron chi connectivity index (χ1n) is 6.33. The molecule has 1 heterocycles. The minimum absolute atomic E-state index is 0.0157. The van der Waals surface area contributed by atoms with Gasteiger partial charge in [-0.15, -0.1) is 0 Å². The second kappa shape index (κ2) is 5.35. The predicted molar refractivity (Wildman–Crippen MR) is 81.2 cm³/mol. The van der Waals surface area contributed by atoms with Crippen molar-refractivity contribution >= 4 is 21.7 Å². The summed E-state index contributed by atoms with van der Waals surface area (Å²) in [6.07, 6.45) is 1.32. The first kappa shape index (κ1) is 15.9. The molecule has 0 aliphatic rings. The van der Waals surface area contributed by atoms with Gasteiger partial charge in [0, 0.05) is 7.05 Å². The molecule has 114 valence electrons. The average Bonchev–Trinajstić information content (AvgIpc) is 2.69. The third kappa shape index (κ3) is 3.39. The molecule has 0 unspecified atom stereocenters. The first-order chi connectivity index (χ1) is 9.61. The van der Waals surface area contributed by atoms with E-state index in [0.717, 1.165) is 5.56 Å². The summed E-state index contributed by atoms with van der Waals surface area (Å²) < 4.78 is 31.0. The summed E-state index contributed by atoms with van der Waals surface area (Å²) >= 11 is 5.90. The Labute approximate surface area is 129 Å². The molecule has 21 heavy (non-hydrogen) atoms. The summed E-state index contributed by atoms with van der Waals surface area (Å²) in [4.78, 5) is 3.77. The number of hydrogen-bond donors (Lipinski definition) is 0. The van der Waals surface area contributed by atoms with Crippen molar-refractivity contribution in [3.8, 4) is 5.75 Å². The lowest BCUT2D eigenvalue weighted by Gasteiger charge is -2.19. The molecule has 0 spiro atoms. The smallest absolute Gasteiger partial charge is 0.360 e. The average molecular weight is 329 g/mol. The molecule has 0 N–H and O–H groups in total. The van der Waals surface area contributed by atoms with E-state index < -0.39 is 10.1 Å².